The molecule has 1 atom stereocenters. The van der Waals surface area contributed by atoms with E-state index >= 15 is 0 Å². The van der Waals surface area contributed by atoms with E-state index in [2.05, 4.69) is 16.6 Å². The molecule has 2 N–H and O–H groups in total. The Labute approximate surface area is 151 Å². The molecule has 0 aliphatic carbocycles. The highest BCUT2D eigenvalue weighted by Gasteiger charge is 2.29. The fourth-order valence-corrected chi connectivity index (χ4v) is 2.71. The molecular formula is C19H18N4O3. The summed E-state index contributed by atoms with van der Waals surface area (Å²) in [4.78, 5) is 12.3. The average Bonchev–Trinajstić information content (AvgIpc) is 3.15. The van der Waals surface area contributed by atoms with Crippen LogP contribution in [0.15, 0.2) is 59.7 Å². The topological polar surface area (TPSA) is 98.0 Å². The van der Waals surface area contributed by atoms with Gasteiger partial charge in [0.1, 0.15) is 23.3 Å². The molecule has 132 valence electrons. The summed E-state index contributed by atoms with van der Waals surface area (Å²) in [6.45, 7) is 0.722. The number of hydrogen-bond acceptors (Lipinski definition) is 5. The van der Waals surface area contributed by atoms with E-state index in [1.54, 1.807) is 24.3 Å². The van der Waals surface area contributed by atoms with Crippen LogP contribution in [0, 0.1) is 17.2 Å². The fraction of sp³-hybridized carbons (Fsp3) is 0.211. The number of anilines is 1. The summed E-state index contributed by atoms with van der Waals surface area (Å²) in [5.41, 5.74) is 3.87. The number of hydrogen-bond donors (Lipinski definition) is 2. The van der Waals surface area contributed by atoms with E-state index in [9.17, 15) is 10.1 Å². The molecule has 0 aromatic heterocycles. The van der Waals surface area contributed by atoms with Crippen molar-refractivity contribution in [3.63, 3.8) is 0 Å². The fourth-order valence-electron chi connectivity index (χ4n) is 2.71. The van der Waals surface area contributed by atoms with Gasteiger partial charge in [-0.1, -0.05) is 18.2 Å². The second-order valence-electron chi connectivity index (χ2n) is 5.87. The average molecular weight is 350 g/mol. The summed E-state index contributed by atoms with van der Waals surface area (Å²) in [7, 11) is 0. The van der Waals surface area contributed by atoms with Gasteiger partial charge in [0, 0.05) is 19.0 Å². The summed E-state index contributed by atoms with van der Waals surface area (Å²) >= 11 is 0. The molecule has 3 rings (SSSR count). The minimum absolute atomic E-state index is 0.177. The number of benzene rings is 2. The summed E-state index contributed by atoms with van der Waals surface area (Å²) in [6.07, 6.45) is -0.365. The maximum Gasteiger partial charge on any atom is 0.407 e. The van der Waals surface area contributed by atoms with Crippen LogP contribution >= 0.6 is 0 Å². The van der Waals surface area contributed by atoms with Crippen LogP contribution in [-0.2, 0) is 0 Å². The lowest BCUT2D eigenvalue weighted by Crippen LogP contribution is -2.28. The van der Waals surface area contributed by atoms with Gasteiger partial charge in [-0.05, 0) is 42.8 Å². The Morgan fingerprint density at radius 3 is 2.50 bits per heavy atom. The van der Waals surface area contributed by atoms with Crippen LogP contribution in [0.4, 0.5) is 10.5 Å². The van der Waals surface area contributed by atoms with Crippen LogP contribution in [-0.4, -0.2) is 34.9 Å². The van der Waals surface area contributed by atoms with Crippen molar-refractivity contribution in [1.82, 2.24) is 4.90 Å². The highest BCUT2D eigenvalue weighted by Crippen LogP contribution is 2.23. The van der Waals surface area contributed by atoms with Gasteiger partial charge in [-0.2, -0.15) is 10.4 Å². The number of carbonyl (C=O) groups is 1. The van der Waals surface area contributed by atoms with Gasteiger partial charge in [-0.15, -0.1) is 0 Å². The lowest BCUT2D eigenvalue weighted by molar-refractivity contribution is 0.155. The molecule has 1 amide bonds. The number of para-hydroxylation sites is 1. The molecule has 1 aliphatic rings. The molecule has 1 saturated heterocycles. The molecule has 7 nitrogen and oxygen atoms in total. The molecule has 0 radical (unpaired) electrons. The smallest absolute Gasteiger partial charge is 0.407 e. The summed E-state index contributed by atoms with van der Waals surface area (Å²) in [5.74, 6) is 1.27. The summed E-state index contributed by atoms with van der Waals surface area (Å²) < 4.78 is 5.72. The Balaban J connectivity index is 1.60. The third kappa shape index (κ3) is 4.30. The molecule has 2 aromatic rings. The normalized spacial score (nSPS) is 16.8. The highest BCUT2D eigenvalue weighted by molar-refractivity contribution is 6.01. The first-order valence-electron chi connectivity index (χ1n) is 8.20. The molecular weight excluding hydrogens is 332 g/mol. The van der Waals surface area contributed by atoms with Crippen molar-refractivity contribution in [3.8, 4) is 17.6 Å². The maximum atomic E-state index is 11.0. The third-order valence-corrected chi connectivity index (χ3v) is 4.10. The summed E-state index contributed by atoms with van der Waals surface area (Å²) in [6, 6.07) is 18.7. The molecule has 1 aliphatic heterocycles. The molecule has 0 spiro atoms. The van der Waals surface area contributed by atoms with Crippen LogP contribution in [0.3, 0.4) is 0 Å². The van der Waals surface area contributed by atoms with Gasteiger partial charge in [0.25, 0.3) is 0 Å². The van der Waals surface area contributed by atoms with Gasteiger partial charge in [0.05, 0.1) is 5.69 Å². The van der Waals surface area contributed by atoms with E-state index in [1.807, 2.05) is 30.3 Å². The Bertz CT molecular complexity index is 828. The van der Waals surface area contributed by atoms with E-state index in [0.29, 0.717) is 36.7 Å². The number of amides is 1. The molecule has 26 heavy (non-hydrogen) atoms. The lowest BCUT2D eigenvalue weighted by atomic mass is 10.0. The minimum atomic E-state index is -0.966. The van der Waals surface area contributed by atoms with E-state index in [1.165, 1.54) is 4.90 Å². The first kappa shape index (κ1) is 17.3. The van der Waals surface area contributed by atoms with Gasteiger partial charge >= 0.3 is 6.09 Å². The standard InChI is InChI=1S/C19H18N4O3/c20-12-18(14-10-11-23(13-14)19(24)25)22-21-15-6-8-17(9-7-15)26-16-4-2-1-3-5-16/h1-9,14,21H,10-11,13H2,(H,24,25)/b22-18+. The largest absolute Gasteiger partial charge is 0.465 e. The second kappa shape index (κ2) is 8.03. The van der Waals surface area contributed by atoms with E-state index < -0.39 is 6.09 Å². The monoisotopic (exact) mass is 350 g/mol. The molecule has 0 bridgehead atoms. The van der Waals surface area contributed by atoms with Crippen molar-refractivity contribution in [2.75, 3.05) is 18.5 Å². The molecule has 7 heteroatoms. The van der Waals surface area contributed by atoms with Crippen molar-refractivity contribution in [2.45, 2.75) is 6.42 Å². The van der Waals surface area contributed by atoms with E-state index in [4.69, 9.17) is 9.84 Å². The van der Waals surface area contributed by atoms with E-state index in [-0.39, 0.29) is 5.92 Å². The lowest BCUT2D eigenvalue weighted by Gasteiger charge is -2.11. The number of nitriles is 1. The number of ether oxygens (including phenoxy) is 1. The second-order valence-corrected chi connectivity index (χ2v) is 5.87. The minimum Gasteiger partial charge on any atom is -0.465 e. The molecule has 1 unspecified atom stereocenters. The SMILES string of the molecule is N#C/C(=N\Nc1ccc(Oc2ccccc2)cc1)C1CCN(C(=O)O)C1. The predicted octanol–water partition coefficient (Wildman–Crippen LogP) is 3.77. The predicted molar refractivity (Wildman–Crippen MR) is 97.3 cm³/mol. The molecule has 0 saturated carbocycles. The summed E-state index contributed by atoms with van der Waals surface area (Å²) in [5, 5.41) is 22.4. The maximum absolute atomic E-state index is 11.0. The van der Waals surface area contributed by atoms with E-state index in [0.717, 1.165) is 5.75 Å². The first-order chi connectivity index (χ1) is 12.7. The van der Waals surface area contributed by atoms with Crippen LogP contribution in [0.1, 0.15) is 6.42 Å². The van der Waals surface area contributed by atoms with Crippen LogP contribution in [0.25, 0.3) is 0 Å². The number of likely N-dealkylation sites (tertiary alicyclic amines) is 1. The zero-order chi connectivity index (χ0) is 18.4. The van der Waals surface area contributed by atoms with Crippen molar-refractivity contribution < 1.29 is 14.6 Å². The van der Waals surface area contributed by atoms with Gasteiger partial charge in [-0.3, -0.25) is 5.43 Å². The quantitative estimate of drug-likeness (QED) is 0.632. The number of hydrazone groups is 1. The zero-order valence-electron chi connectivity index (χ0n) is 14.0. The van der Waals surface area contributed by atoms with Gasteiger partial charge in [-0.25, -0.2) is 4.79 Å². The highest BCUT2D eigenvalue weighted by atomic mass is 16.5. The number of rotatable bonds is 5. The van der Waals surface area contributed by atoms with Crippen molar-refractivity contribution in [2.24, 2.45) is 11.0 Å². The Morgan fingerprint density at radius 2 is 1.88 bits per heavy atom. The van der Waals surface area contributed by atoms with Gasteiger partial charge in [0.2, 0.25) is 0 Å². The third-order valence-electron chi connectivity index (χ3n) is 4.10. The van der Waals surface area contributed by atoms with Crippen molar-refractivity contribution >= 4 is 17.5 Å². The van der Waals surface area contributed by atoms with Crippen LogP contribution < -0.4 is 10.2 Å². The Morgan fingerprint density at radius 1 is 1.19 bits per heavy atom. The zero-order valence-corrected chi connectivity index (χ0v) is 14.0. The van der Waals surface area contributed by atoms with Crippen molar-refractivity contribution in [1.29, 1.82) is 5.26 Å². The molecule has 1 heterocycles. The molecule has 2 aromatic carbocycles. The van der Waals surface area contributed by atoms with Gasteiger partial charge < -0.3 is 14.7 Å². The Hall–Kier alpha value is -3.53. The first-order valence-corrected chi connectivity index (χ1v) is 8.20. The van der Waals surface area contributed by atoms with Crippen LogP contribution in [0.2, 0.25) is 0 Å². The number of nitrogens with zero attached hydrogens (tertiary/aromatic N) is 3. The van der Waals surface area contributed by atoms with Gasteiger partial charge in [0.15, 0.2) is 0 Å². The number of nitrogens with one attached hydrogen (secondary N) is 1. The Kier molecular flexibility index (Phi) is 5.34. The van der Waals surface area contributed by atoms with Crippen molar-refractivity contribution in [3.05, 3.63) is 54.6 Å². The van der Waals surface area contributed by atoms with Crippen LogP contribution in [0.5, 0.6) is 11.5 Å². The molecule has 1 fully saturated rings. The number of carboxylic acid groups (broad SMARTS) is 1.